The Morgan fingerprint density at radius 3 is 2.33 bits per heavy atom. The van der Waals surface area contributed by atoms with Crippen LogP contribution in [-0.2, 0) is 33.2 Å². The van der Waals surface area contributed by atoms with Gasteiger partial charge in [-0.25, -0.2) is 4.79 Å². The number of aliphatic hydroxyl groups excluding tert-OH is 4. The molecule has 13 heteroatoms. The fourth-order valence-corrected chi connectivity index (χ4v) is 11.5. The lowest BCUT2D eigenvalue weighted by molar-refractivity contribution is -0.347. The van der Waals surface area contributed by atoms with Crippen molar-refractivity contribution in [1.82, 2.24) is 0 Å². The Labute approximate surface area is 287 Å². The lowest BCUT2D eigenvalue weighted by Crippen LogP contribution is -2.67. The fraction of sp³-hybridized carbons (Fsp3) is 0.917. The van der Waals surface area contributed by atoms with E-state index in [0.717, 1.165) is 44.1 Å². The van der Waals surface area contributed by atoms with Gasteiger partial charge in [0.05, 0.1) is 36.1 Å². The van der Waals surface area contributed by atoms with E-state index in [2.05, 4.69) is 13.8 Å². The molecule has 7 rings (SSSR count). The third-order valence-corrected chi connectivity index (χ3v) is 14.5. The highest BCUT2D eigenvalue weighted by molar-refractivity contribution is 5.85. The molecule has 17 atom stereocenters. The van der Waals surface area contributed by atoms with Crippen LogP contribution in [0, 0.1) is 28.6 Å². The first-order chi connectivity index (χ1) is 23.2. The third-order valence-electron chi connectivity index (χ3n) is 14.5. The number of methoxy groups -OCH3 is 1. The maximum Gasteiger partial charge on any atom is 0.331 e. The molecule has 0 aromatic heterocycles. The minimum Gasteiger partial charge on any atom is -0.458 e. The quantitative estimate of drug-likeness (QED) is 0.164. The molecule has 0 aromatic rings. The van der Waals surface area contributed by atoms with Gasteiger partial charge in [0.1, 0.15) is 37.1 Å². The molecule has 4 saturated carbocycles. The molecule has 7 aliphatic rings. The highest BCUT2D eigenvalue weighted by atomic mass is 16.7. The molecule has 0 amide bonds. The van der Waals surface area contributed by atoms with Gasteiger partial charge in [0.2, 0.25) is 0 Å². The molecule has 6 N–H and O–H groups in total. The summed E-state index contributed by atoms with van der Waals surface area (Å²) in [5.74, 6) is 0.0783. The van der Waals surface area contributed by atoms with Gasteiger partial charge in [-0.1, -0.05) is 13.8 Å². The van der Waals surface area contributed by atoms with Gasteiger partial charge in [0, 0.05) is 31.4 Å². The molecule has 0 bridgehead atoms. The Hall–Kier alpha value is -1.23. The topological polar surface area (TPSA) is 194 Å². The minimum atomic E-state index is -1.56. The average Bonchev–Trinajstić information content (AvgIpc) is 3.61. The zero-order chi connectivity index (χ0) is 35.1. The smallest absolute Gasteiger partial charge is 0.331 e. The van der Waals surface area contributed by atoms with Gasteiger partial charge in [-0.15, -0.1) is 0 Å². The first kappa shape index (κ1) is 36.1. The fourth-order valence-electron chi connectivity index (χ4n) is 11.5. The molecule has 2 saturated heterocycles. The average molecular weight is 697 g/mol. The second-order valence-electron chi connectivity index (χ2n) is 16.6. The summed E-state index contributed by atoms with van der Waals surface area (Å²) in [6, 6.07) is 0. The van der Waals surface area contributed by atoms with Crippen molar-refractivity contribution in [3.05, 3.63) is 11.6 Å². The maximum absolute atomic E-state index is 12.5. The molecule has 49 heavy (non-hydrogen) atoms. The number of carbonyl (C=O) groups excluding carboxylic acids is 1. The SMILES string of the molecule is CO[C@@H]1C[C@@H](O[C@@H]2CC[C@@]3(C)[C@@H]4CC[C@@]5(C)[C@H](C6=CC(=O)OC6)CC[C@@]5(O)[C@H]4CC[C@@]3(O)C2)O[C@H](C)[C@H]1O[C@H]1O[C@@H](CO)[C@H](O)[C@@H](O)[C@@H]1O. The van der Waals surface area contributed by atoms with Gasteiger partial charge in [-0.05, 0) is 87.0 Å². The summed E-state index contributed by atoms with van der Waals surface area (Å²) < 4.78 is 35.4. The van der Waals surface area contributed by atoms with Crippen LogP contribution in [0.25, 0.3) is 0 Å². The van der Waals surface area contributed by atoms with Crippen LogP contribution in [0.2, 0.25) is 0 Å². The van der Waals surface area contributed by atoms with Crippen molar-refractivity contribution >= 4 is 5.97 Å². The van der Waals surface area contributed by atoms with Crippen LogP contribution in [0.15, 0.2) is 11.6 Å². The van der Waals surface area contributed by atoms with Crippen LogP contribution in [0.5, 0.6) is 0 Å². The van der Waals surface area contributed by atoms with Crippen molar-refractivity contribution in [2.24, 2.45) is 28.6 Å². The standard InChI is InChI=1S/C36H56O13/c1-18-31(49-32-30(41)29(40)28(39)25(16-37)48-32)24(44-4)14-27(46-18)47-20-5-9-33(2)22-6-10-34(3)21(19-13-26(38)45-17-19)8-12-36(34,43)23(22)7-11-35(33,42)15-20/h13,18,20-25,27-32,37,39-43H,5-12,14-17H2,1-4H3/t18-,20-,21+,22-,23+,24-,25+,27-,28+,29-,30+,31-,32-,33+,34+,35-,36-/m1/s1. The van der Waals surface area contributed by atoms with Crippen molar-refractivity contribution in [1.29, 1.82) is 0 Å². The van der Waals surface area contributed by atoms with Gasteiger partial charge in [0.15, 0.2) is 12.6 Å². The summed E-state index contributed by atoms with van der Waals surface area (Å²) >= 11 is 0. The lowest BCUT2D eigenvalue weighted by atomic mass is 9.42. The van der Waals surface area contributed by atoms with Crippen molar-refractivity contribution in [3.8, 4) is 0 Å². The van der Waals surface area contributed by atoms with Gasteiger partial charge < -0.3 is 59.1 Å². The largest absolute Gasteiger partial charge is 0.458 e. The number of rotatable bonds is 7. The Balaban J connectivity index is 0.994. The Bertz CT molecular complexity index is 1280. The molecule has 0 unspecified atom stereocenters. The van der Waals surface area contributed by atoms with Crippen molar-refractivity contribution in [2.45, 2.75) is 158 Å². The molecular formula is C36H56O13. The molecule has 0 radical (unpaired) electrons. The van der Waals surface area contributed by atoms with Crippen LogP contribution in [-0.4, -0.2) is 130 Å². The number of esters is 1. The number of fused-ring (bicyclic) bond motifs is 5. The Morgan fingerprint density at radius 2 is 1.63 bits per heavy atom. The highest BCUT2D eigenvalue weighted by Crippen LogP contribution is 2.70. The predicted octanol–water partition coefficient (Wildman–Crippen LogP) is 1.08. The minimum absolute atomic E-state index is 0.0724. The van der Waals surface area contributed by atoms with Crippen molar-refractivity contribution in [3.63, 3.8) is 0 Å². The van der Waals surface area contributed by atoms with E-state index in [4.69, 9.17) is 28.4 Å². The summed E-state index contributed by atoms with van der Waals surface area (Å²) in [4.78, 5) is 11.9. The monoisotopic (exact) mass is 696 g/mol. The molecule has 3 aliphatic heterocycles. The van der Waals surface area contributed by atoms with E-state index in [1.807, 2.05) is 0 Å². The van der Waals surface area contributed by atoms with Crippen LogP contribution in [0.3, 0.4) is 0 Å². The number of aliphatic hydroxyl groups is 6. The van der Waals surface area contributed by atoms with Crippen LogP contribution < -0.4 is 0 Å². The highest BCUT2D eigenvalue weighted by Gasteiger charge is 2.70. The van der Waals surface area contributed by atoms with Gasteiger partial charge in [-0.2, -0.15) is 0 Å². The van der Waals surface area contributed by atoms with E-state index in [-0.39, 0.29) is 40.7 Å². The van der Waals surface area contributed by atoms with E-state index in [0.29, 0.717) is 32.3 Å². The number of ether oxygens (including phenoxy) is 6. The number of hydrogen-bond donors (Lipinski definition) is 6. The summed E-state index contributed by atoms with van der Waals surface area (Å²) in [7, 11) is 1.55. The molecule has 278 valence electrons. The summed E-state index contributed by atoms with van der Waals surface area (Å²) in [5, 5.41) is 65.4. The van der Waals surface area contributed by atoms with E-state index in [1.54, 1.807) is 20.1 Å². The van der Waals surface area contributed by atoms with Crippen LogP contribution >= 0.6 is 0 Å². The molecular weight excluding hydrogens is 640 g/mol. The van der Waals surface area contributed by atoms with E-state index in [9.17, 15) is 35.4 Å². The van der Waals surface area contributed by atoms with Gasteiger partial charge in [-0.3, -0.25) is 0 Å². The van der Waals surface area contributed by atoms with Crippen molar-refractivity contribution < 1.29 is 63.9 Å². The maximum atomic E-state index is 12.5. The van der Waals surface area contributed by atoms with Crippen molar-refractivity contribution in [2.75, 3.05) is 20.3 Å². The second-order valence-corrected chi connectivity index (χ2v) is 16.6. The predicted molar refractivity (Wildman–Crippen MR) is 170 cm³/mol. The zero-order valence-corrected chi connectivity index (χ0v) is 29.1. The molecule has 0 aromatic carbocycles. The molecule has 3 heterocycles. The van der Waals surface area contributed by atoms with E-state index in [1.165, 1.54) is 0 Å². The van der Waals surface area contributed by atoms with Crippen LogP contribution in [0.1, 0.15) is 85.0 Å². The Kier molecular flexibility index (Phi) is 9.60. The third kappa shape index (κ3) is 5.65. The molecule has 4 aliphatic carbocycles. The lowest BCUT2D eigenvalue weighted by Gasteiger charge is -2.66. The zero-order valence-electron chi connectivity index (χ0n) is 29.1. The summed E-state index contributed by atoms with van der Waals surface area (Å²) in [6.07, 6.45) is -1.10. The molecule has 13 nitrogen and oxygen atoms in total. The van der Waals surface area contributed by atoms with E-state index < -0.39 is 73.1 Å². The van der Waals surface area contributed by atoms with E-state index >= 15 is 0 Å². The normalized spacial score (nSPS) is 54.4. The van der Waals surface area contributed by atoms with Gasteiger partial charge in [0.25, 0.3) is 0 Å². The Morgan fingerprint density at radius 1 is 0.898 bits per heavy atom. The number of hydrogen-bond acceptors (Lipinski definition) is 13. The summed E-state index contributed by atoms with van der Waals surface area (Å²) in [6.45, 7) is 5.98. The number of carbonyl (C=O) groups is 1. The number of cyclic esters (lactones) is 1. The van der Waals surface area contributed by atoms with Gasteiger partial charge >= 0.3 is 5.97 Å². The first-order valence-corrected chi connectivity index (χ1v) is 18.3. The second kappa shape index (κ2) is 13.0. The molecule has 6 fully saturated rings. The van der Waals surface area contributed by atoms with Crippen LogP contribution in [0.4, 0.5) is 0 Å². The summed E-state index contributed by atoms with van der Waals surface area (Å²) in [5.41, 5.74) is -1.52. The molecule has 0 spiro atoms. The first-order valence-electron chi connectivity index (χ1n) is 18.3.